The maximum absolute atomic E-state index is 11.7. The van der Waals surface area contributed by atoms with Crippen LogP contribution in [0.25, 0.3) is 0 Å². The molecule has 2 N–H and O–H groups in total. The van der Waals surface area contributed by atoms with Gasteiger partial charge in [-0.25, -0.2) is 0 Å². The summed E-state index contributed by atoms with van der Waals surface area (Å²) in [5.74, 6) is 0.679. The van der Waals surface area contributed by atoms with Crippen LogP contribution in [-0.4, -0.2) is 19.0 Å². The minimum Gasteiger partial charge on any atom is -0.382 e. The molecule has 0 aliphatic heterocycles. The lowest BCUT2D eigenvalue weighted by molar-refractivity contribution is 0.0963. The van der Waals surface area contributed by atoms with Crippen LogP contribution in [-0.2, 0) is 0 Å². The molecule has 0 radical (unpaired) electrons. The molecule has 2 unspecified atom stereocenters. The zero-order valence-corrected chi connectivity index (χ0v) is 13.4. The Hall–Kier alpha value is -1.51. The van der Waals surface area contributed by atoms with Crippen molar-refractivity contribution in [2.75, 3.05) is 12.4 Å². The van der Waals surface area contributed by atoms with E-state index in [1.807, 2.05) is 18.2 Å². The van der Waals surface area contributed by atoms with Gasteiger partial charge in [0, 0.05) is 24.3 Å². The van der Waals surface area contributed by atoms with Crippen LogP contribution in [0.1, 0.15) is 56.0 Å². The molecule has 0 aliphatic carbocycles. The predicted octanol–water partition coefficient (Wildman–Crippen LogP) is 3.98. The molecule has 0 saturated carbocycles. The van der Waals surface area contributed by atoms with Crippen LogP contribution in [0.2, 0.25) is 0 Å². The van der Waals surface area contributed by atoms with Gasteiger partial charge in [0.1, 0.15) is 0 Å². The van der Waals surface area contributed by atoms with Crippen LogP contribution >= 0.6 is 0 Å². The van der Waals surface area contributed by atoms with Crippen molar-refractivity contribution in [1.29, 1.82) is 0 Å². The molecule has 1 amide bonds. The van der Waals surface area contributed by atoms with Gasteiger partial charge in [0.2, 0.25) is 0 Å². The van der Waals surface area contributed by atoms with Gasteiger partial charge in [0.25, 0.3) is 5.91 Å². The van der Waals surface area contributed by atoms with E-state index in [0.717, 1.165) is 24.4 Å². The van der Waals surface area contributed by atoms with E-state index < -0.39 is 0 Å². The maximum Gasteiger partial charge on any atom is 0.251 e. The summed E-state index contributed by atoms with van der Waals surface area (Å²) >= 11 is 0. The van der Waals surface area contributed by atoms with Gasteiger partial charge in [-0.05, 0) is 43.4 Å². The Morgan fingerprint density at radius 3 is 2.50 bits per heavy atom. The Morgan fingerprint density at radius 2 is 1.95 bits per heavy atom. The second-order valence-electron chi connectivity index (χ2n) is 5.61. The zero-order chi connectivity index (χ0) is 15.1. The van der Waals surface area contributed by atoms with Crippen molar-refractivity contribution in [3.8, 4) is 0 Å². The highest BCUT2D eigenvalue weighted by Crippen LogP contribution is 2.21. The molecule has 0 saturated heterocycles. The number of amides is 1. The fraction of sp³-hybridized carbons (Fsp3) is 0.588. The lowest BCUT2D eigenvalue weighted by Crippen LogP contribution is -2.23. The van der Waals surface area contributed by atoms with Gasteiger partial charge in [-0.15, -0.1) is 0 Å². The number of carbonyl (C=O) groups is 1. The van der Waals surface area contributed by atoms with E-state index in [1.165, 1.54) is 12.0 Å². The van der Waals surface area contributed by atoms with Gasteiger partial charge >= 0.3 is 0 Å². The van der Waals surface area contributed by atoms with E-state index in [9.17, 15) is 4.79 Å². The van der Waals surface area contributed by atoms with E-state index in [-0.39, 0.29) is 5.91 Å². The van der Waals surface area contributed by atoms with Crippen LogP contribution in [0.15, 0.2) is 18.2 Å². The summed E-state index contributed by atoms with van der Waals surface area (Å²) in [5.41, 5.74) is 2.96. The summed E-state index contributed by atoms with van der Waals surface area (Å²) in [4.78, 5) is 11.7. The topological polar surface area (TPSA) is 41.1 Å². The lowest BCUT2D eigenvalue weighted by atomic mass is 9.97. The van der Waals surface area contributed by atoms with Gasteiger partial charge < -0.3 is 10.6 Å². The smallest absolute Gasteiger partial charge is 0.251 e. The summed E-state index contributed by atoms with van der Waals surface area (Å²) in [6.45, 7) is 8.80. The molecule has 20 heavy (non-hydrogen) atoms. The Bertz CT molecular complexity index is 443. The molecule has 0 spiro atoms. The second-order valence-corrected chi connectivity index (χ2v) is 5.61. The minimum absolute atomic E-state index is 0.0389. The van der Waals surface area contributed by atoms with Crippen LogP contribution in [0.4, 0.5) is 5.69 Å². The molecule has 112 valence electrons. The first-order valence-electron chi connectivity index (χ1n) is 7.61. The van der Waals surface area contributed by atoms with Crippen molar-refractivity contribution >= 4 is 11.6 Å². The molecule has 0 fully saturated rings. The van der Waals surface area contributed by atoms with Crippen molar-refractivity contribution in [3.63, 3.8) is 0 Å². The van der Waals surface area contributed by atoms with Crippen molar-refractivity contribution in [2.24, 2.45) is 5.92 Å². The predicted molar refractivity (Wildman–Crippen MR) is 86.3 cm³/mol. The molecular weight excluding hydrogens is 248 g/mol. The standard InChI is InChI=1S/C17H28N2O/c1-6-12(3)10-15(7-2)19-16-11-14(17(20)18-5)9-8-13(16)4/h8-9,11-12,15,19H,6-7,10H2,1-5H3,(H,18,20). The van der Waals surface area contributed by atoms with Crippen LogP contribution < -0.4 is 10.6 Å². The maximum atomic E-state index is 11.7. The molecule has 1 rings (SSSR count). The highest BCUT2D eigenvalue weighted by Gasteiger charge is 2.13. The summed E-state index contributed by atoms with van der Waals surface area (Å²) in [6, 6.07) is 6.29. The highest BCUT2D eigenvalue weighted by atomic mass is 16.1. The van der Waals surface area contributed by atoms with Crippen LogP contribution in [0.3, 0.4) is 0 Å². The fourth-order valence-corrected chi connectivity index (χ4v) is 2.26. The summed E-state index contributed by atoms with van der Waals surface area (Å²) in [6.07, 6.45) is 3.46. The van der Waals surface area contributed by atoms with E-state index in [0.29, 0.717) is 11.6 Å². The molecule has 3 heteroatoms. The quantitative estimate of drug-likeness (QED) is 0.791. The normalized spacial score (nSPS) is 13.7. The first-order chi connectivity index (χ1) is 9.51. The van der Waals surface area contributed by atoms with Gasteiger partial charge in [0.05, 0.1) is 0 Å². The zero-order valence-electron chi connectivity index (χ0n) is 13.4. The van der Waals surface area contributed by atoms with Gasteiger partial charge in [-0.2, -0.15) is 0 Å². The molecule has 0 aliphatic rings. The van der Waals surface area contributed by atoms with E-state index in [4.69, 9.17) is 0 Å². The number of rotatable bonds is 7. The Morgan fingerprint density at radius 1 is 1.25 bits per heavy atom. The molecular formula is C17H28N2O. The summed E-state index contributed by atoms with van der Waals surface area (Å²) < 4.78 is 0. The van der Waals surface area contributed by atoms with Crippen molar-refractivity contribution in [1.82, 2.24) is 5.32 Å². The number of nitrogens with one attached hydrogen (secondary N) is 2. The monoisotopic (exact) mass is 276 g/mol. The van der Waals surface area contributed by atoms with E-state index in [1.54, 1.807) is 7.05 Å². The number of benzene rings is 1. The Kier molecular flexibility index (Phi) is 6.56. The Balaban J connectivity index is 2.86. The van der Waals surface area contributed by atoms with E-state index >= 15 is 0 Å². The lowest BCUT2D eigenvalue weighted by Gasteiger charge is -2.23. The van der Waals surface area contributed by atoms with Gasteiger partial charge in [0.15, 0.2) is 0 Å². The third kappa shape index (κ3) is 4.55. The molecule has 2 atom stereocenters. The molecule has 1 aromatic carbocycles. The molecule has 0 bridgehead atoms. The molecule has 1 aromatic rings. The SMILES string of the molecule is CCC(C)CC(CC)Nc1cc(C(=O)NC)ccc1C. The summed E-state index contributed by atoms with van der Waals surface area (Å²) in [7, 11) is 1.66. The van der Waals surface area contributed by atoms with Gasteiger partial charge in [-0.3, -0.25) is 4.79 Å². The molecule has 0 aromatic heterocycles. The average molecular weight is 276 g/mol. The second kappa shape index (κ2) is 7.93. The third-order valence-electron chi connectivity index (χ3n) is 3.96. The van der Waals surface area contributed by atoms with Crippen molar-refractivity contribution < 1.29 is 4.79 Å². The Labute approximate surface area is 123 Å². The molecule has 0 heterocycles. The van der Waals surface area contributed by atoms with Gasteiger partial charge in [-0.1, -0.05) is 33.3 Å². The molecule has 3 nitrogen and oxygen atoms in total. The number of aryl methyl sites for hydroxylation is 1. The van der Waals surface area contributed by atoms with E-state index in [2.05, 4.69) is 38.3 Å². The number of anilines is 1. The largest absolute Gasteiger partial charge is 0.382 e. The average Bonchev–Trinajstić information content (AvgIpc) is 2.47. The number of hydrogen-bond donors (Lipinski definition) is 2. The third-order valence-corrected chi connectivity index (χ3v) is 3.96. The number of hydrogen-bond acceptors (Lipinski definition) is 2. The fourth-order valence-electron chi connectivity index (χ4n) is 2.26. The van der Waals surface area contributed by atoms with Crippen LogP contribution in [0, 0.1) is 12.8 Å². The van der Waals surface area contributed by atoms with Crippen molar-refractivity contribution in [2.45, 2.75) is 53.0 Å². The number of carbonyl (C=O) groups excluding carboxylic acids is 1. The first kappa shape index (κ1) is 16.5. The van der Waals surface area contributed by atoms with Crippen LogP contribution in [0.5, 0.6) is 0 Å². The minimum atomic E-state index is -0.0389. The summed E-state index contributed by atoms with van der Waals surface area (Å²) in [5, 5.41) is 6.27. The first-order valence-corrected chi connectivity index (χ1v) is 7.61. The van der Waals surface area contributed by atoms with Crippen molar-refractivity contribution in [3.05, 3.63) is 29.3 Å². The highest BCUT2D eigenvalue weighted by molar-refractivity contribution is 5.95.